The number of hydrogen-bond donors (Lipinski definition) is 0. The third kappa shape index (κ3) is 2.92. The van der Waals surface area contributed by atoms with E-state index in [9.17, 15) is 14.9 Å². The van der Waals surface area contributed by atoms with Gasteiger partial charge in [0.2, 0.25) is 5.78 Å². The van der Waals surface area contributed by atoms with Crippen LogP contribution in [-0.2, 0) is 7.05 Å². The molecule has 0 atom stereocenters. The Morgan fingerprint density at radius 3 is 2.58 bits per heavy atom. The van der Waals surface area contributed by atoms with Gasteiger partial charge in [-0.1, -0.05) is 6.08 Å². The van der Waals surface area contributed by atoms with Gasteiger partial charge in [-0.25, -0.2) is 4.98 Å². The lowest BCUT2D eigenvalue weighted by Crippen LogP contribution is -2.03. The summed E-state index contributed by atoms with van der Waals surface area (Å²) in [6, 6.07) is 5.95. The topological polar surface area (TPSA) is 78.0 Å². The number of ketones is 1. The normalized spacial score (nSPS) is 10.8. The number of allylic oxidation sites excluding steroid dienone is 1. The largest absolute Gasteiger partial charge is 0.331 e. The van der Waals surface area contributed by atoms with E-state index >= 15 is 0 Å². The molecular formula is C13H11N3O3. The Labute approximate surface area is 109 Å². The van der Waals surface area contributed by atoms with Crippen LogP contribution in [0.1, 0.15) is 16.2 Å². The van der Waals surface area contributed by atoms with Gasteiger partial charge in [-0.15, -0.1) is 0 Å². The molecule has 2 rings (SSSR count). The van der Waals surface area contributed by atoms with E-state index < -0.39 is 4.92 Å². The first-order valence-corrected chi connectivity index (χ1v) is 5.52. The molecule has 1 aromatic heterocycles. The predicted molar refractivity (Wildman–Crippen MR) is 69.7 cm³/mol. The summed E-state index contributed by atoms with van der Waals surface area (Å²) in [7, 11) is 1.74. The minimum Gasteiger partial charge on any atom is -0.331 e. The Balaban J connectivity index is 2.13. The minimum atomic E-state index is -0.466. The van der Waals surface area contributed by atoms with Crippen molar-refractivity contribution in [1.82, 2.24) is 9.55 Å². The SMILES string of the molecule is Cn1ccnc1C(=O)C=Cc1ccc([N+](=O)[O-])cc1. The lowest BCUT2D eigenvalue weighted by Gasteiger charge is -1.96. The number of aryl methyl sites for hydroxylation is 1. The van der Waals surface area contributed by atoms with Gasteiger partial charge in [0.25, 0.3) is 5.69 Å². The summed E-state index contributed by atoms with van der Waals surface area (Å²) in [5, 5.41) is 10.5. The average Bonchev–Trinajstić information content (AvgIpc) is 2.83. The lowest BCUT2D eigenvalue weighted by molar-refractivity contribution is -0.384. The molecule has 0 N–H and O–H groups in total. The fourth-order valence-electron chi connectivity index (χ4n) is 1.56. The van der Waals surface area contributed by atoms with Gasteiger partial charge in [0.15, 0.2) is 5.82 Å². The van der Waals surface area contributed by atoms with E-state index in [-0.39, 0.29) is 11.5 Å². The number of imidazole rings is 1. The van der Waals surface area contributed by atoms with Gasteiger partial charge in [0.1, 0.15) is 0 Å². The van der Waals surface area contributed by atoms with E-state index in [0.717, 1.165) is 0 Å². The molecule has 0 saturated heterocycles. The molecule has 0 bridgehead atoms. The number of aromatic nitrogens is 2. The fourth-order valence-corrected chi connectivity index (χ4v) is 1.56. The van der Waals surface area contributed by atoms with Crippen molar-refractivity contribution in [3.63, 3.8) is 0 Å². The summed E-state index contributed by atoms with van der Waals surface area (Å²) >= 11 is 0. The van der Waals surface area contributed by atoms with Crippen molar-refractivity contribution in [3.05, 3.63) is 64.2 Å². The maximum atomic E-state index is 11.8. The van der Waals surface area contributed by atoms with Gasteiger partial charge >= 0.3 is 0 Å². The number of hydrogen-bond acceptors (Lipinski definition) is 4. The van der Waals surface area contributed by atoms with Gasteiger partial charge in [-0.3, -0.25) is 14.9 Å². The summed E-state index contributed by atoms with van der Waals surface area (Å²) in [6.45, 7) is 0. The van der Waals surface area contributed by atoms with E-state index in [1.807, 2.05) is 0 Å². The third-order valence-electron chi connectivity index (χ3n) is 2.57. The van der Waals surface area contributed by atoms with Crippen LogP contribution < -0.4 is 0 Å². The second kappa shape index (κ2) is 5.26. The molecule has 0 aliphatic rings. The minimum absolute atomic E-state index is 0.0209. The summed E-state index contributed by atoms with van der Waals surface area (Å²) in [5.74, 6) is 0.129. The van der Waals surface area contributed by atoms with Crippen molar-refractivity contribution in [2.75, 3.05) is 0 Å². The number of nitro benzene ring substituents is 1. The molecule has 96 valence electrons. The number of nitro groups is 1. The first-order valence-electron chi connectivity index (χ1n) is 5.52. The highest BCUT2D eigenvalue weighted by atomic mass is 16.6. The predicted octanol–water partition coefficient (Wildman–Crippen LogP) is 2.22. The highest BCUT2D eigenvalue weighted by Crippen LogP contribution is 2.13. The van der Waals surface area contributed by atoms with E-state index in [0.29, 0.717) is 11.4 Å². The van der Waals surface area contributed by atoms with Crippen LogP contribution in [0.5, 0.6) is 0 Å². The third-order valence-corrected chi connectivity index (χ3v) is 2.57. The number of carbonyl (C=O) groups is 1. The molecule has 0 radical (unpaired) electrons. The van der Waals surface area contributed by atoms with Gasteiger partial charge in [0, 0.05) is 31.6 Å². The van der Waals surface area contributed by atoms with E-state index in [2.05, 4.69) is 4.98 Å². The second-order valence-electron chi connectivity index (χ2n) is 3.91. The van der Waals surface area contributed by atoms with Crippen LogP contribution in [0.2, 0.25) is 0 Å². The quantitative estimate of drug-likeness (QED) is 0.364. The van der Waals surface area contributed by atoms with Crippen LogP contribution in [0.25, 0.3) is 6.08 Å². The Bertz CT molecular complexity index is 641. The molecule has 0 aliphatic carbocycles. The summed E-state index contributed by atoms with van der Waals surface area (Å²) < 4.78 is 1.63. The second-order valence-corrected chi connectivity index (χ2v) is 3.91. The average molecular weight is 257 g/mol. The van der Waals surface area contributed by atoms with Crippen molar-refractivity contribution >= 4 is 17.5 Å². The highest BCUT2D eigenvalue weighted by molar-refractivity contribution is 6.04. The van der Waals surface area contributed by atoms with Gasteiger partial charge < -0.3 is 4.57 Å². The number of benzene rings is 1. The summed E-state index contributed by atoms with van der Waals surface area (Å²) in [4.78, 5) is 25.8. The van der Waals surface area contributed by atoms with Crippen molar-refractivity contribution < 1.29 is 9.72 Å². The molecule has 0 fully saturated rings. The fraction of sp³-hybridized carbons (Fsp3) is 0.0769. The van der Waals surface area contributed by atoms with E-state index in [4.69, 9.17) is 0 Å². The first kappa shape index (κ1) is 12.7. The Hall–Kier alpha value is -2.76. The number of nitrogens with zero attached hydrogens (tertiary/aromatic N) is 3. The smallest absolute Gasteiger partial charge is 0.269 e. The van der Waals surface area contributed by atoms with Crippen LogP contribution in [0.15, 0.2) is 42.7 Å². The van der Waals surface area contributed by atoms with Crippen molar-refractivity contribution in [1.29, 1.82) is 0 Å². The van der Waals surface area contributed by atoms with Crippen molar-refractivity contribution in [3.8, 4) is 0 Å². The zero-order valence-electron chi connectivity index (χ0n) is 10.2. The Kier molecular flexibility index (Phi) is 3.51. The number of non-ortho nitro benzene ring substituents is 1. The maximum absolute atomic E-state index is 11.8. The zero-order valence-corrected chi connectivity index (χ0v) is 10.2. The summed E-state index contributed by atoms with van der Waals surface area (Å²) in [5.41, 5.74) is 0.737. The molecule has 1 heterocycles. The maximum Gasteiger partial charge on any atom is 0.269 e. The zero-order chi connectivity index (χ0) is 13.8. The van der Waals surface area contributed by atoms with Crippen LogP contribution in [0, 0.1) is 10.1 Å². The molecule has 0 spiro atoms. The van der Waals surface area contributed by atoms with Gasteiger partial charge in [-0.05, 0) is 23.8 Å². The Morgan fingerprint density at radius 2 is 2.05 bits per heavy atom. The van der Waals surface area contributed by atoms with Crippen molar-refractivity contribution in [2.45, 2.75) is 0 Å². The molecule has 6 nitrogen and oxygen atoms in total. The van der Waals surface area contributed by atoms with Crippen molar-refractivity contribution in [2.24, 2.45) is 7.05 Å². The highest BCUT2D eigenvalue weighted by Gasteiger charge is 2.07. The molecule has 0 unspecified atom stereocenters. The molecule has 19 heavy (non-hydrogen) atoms. The first-order chi connectivity index (χ1) is 9.08. The lowest BCUT2D eigenvalue weighted by atomic mass is 10.2. The van der Waals surface area contributed by atoms with Crippen LogP contribution >= 0.6 is 0 Å². The van der Waals surface area contributed by atoms with E-state index in [1.54, 1.807) is 42.2 Å². The molecule has 0 aliphatic heterocycles. The Morgan fingerprint density at radius 1 is 1.37 bits per heavy atom. The van der Waals surface area contributed by atoms with Crippen LogP contribution in [0.4, 0.5) is 5.69 Å². The van der Waals surface area contributed by atoms with Crippen LogP contribution in [-0.4, -0.2) is 20.3 Å². The molecule has 0 amide bonds. The molecule has 0 saturated carbocycles. The molecule has 6 heteroatoms. The van der Waals surface area contributed by atoms with Gasteiger partial charge in [0.05, 0.1) is 4.92 Å². The van der Waals surface area contributed by atoms with E-state index in [1.165, 1.54) is 18.2 Å². The standard InChI is InChI=1S/C13H11N3O3/c1-15-9-8-14-13(15)12(17)7-4-10-2-5-11(6-3-10)16(18)19/h2-9H,1H3. The monoisotopic (exact) mass is 257 g/mol. The summed E-state index contributed by atoms with van der Waals surface area (Å²) in [6.07, 6.45) is 6.23. The molecule has 1 aromatic carbocycles. The number of carbonyl (C=O) groups excluding carboxylic acids is 1. The molecule has 2 aromatic rings. The van der Waals surface area contributed by atoms with Gasteiger partial charge in [-0.2, -0.15) is 0 Å². The molecular weight excluding hydrogens is 246 g/mol. The number of rotatable bonds is 4. The van der Waals surface area contributed by atoms with Crippen LogP contribution in [0.3, 0.4) is 0 Å².